The summed E-state index contributed by atoms with van der Waals surface area (Å²) < 4.78 is 4.82. The van der Waals surface area contributed by atoms with Gasteiger partial charge in [0.1, 0.15) is 17.4 Å². The molecule has 0 spiro atoms. The summed E-state index contributed by atoms with van der Waals surface area (Å²) in [5.41, 5.74) is -0.504. The van der Waals surface area contributed by atoms with Gasteiger partial charge in [0.05, 0.1) is 12.0 Å². The number of ether oxygens (including phenoxy) is 1. The van der Waals surface area contributed by atoms with Gasteiger partial charge in [0.2, 0.25) is 0 Å². The van der Waals surface area contributed by atoms with E-state index in [1.54, 1.807) is 30.3 Å². The van der Waals surface area contributed by atoms with E-state index in [0.717, 1.165) is 12.1 Å². The predicted molar refractivity (Wildman–Crippen MR) is 92.8 cm³/mol. The van der Waals surface area contributed by atoms with Crippen molar-refractivity contribution in [2.75, 3.05) is 12.4 Å². The van der Waals surface area contributed by atoms with E-state index in [1.807, 2.05) is 0 Å². The quantitative estimate of drug-likeness (QED) is 0.372. The maximum absolute atomic E-state index is 12.2. The second-order valence-electron chi connectivity index (χ2n) is 4.96. The number of halogens is 1. The van der Waals surface area contributed by atoms with E-state index in [2.05, 4.69) is 5.32 Å². The molecule has 0 aliphatic heterocycles. The van der Waals surface area contributed by atoms with Crippen LogP contribution in [-0.2, 0) is 4.79 Å². The molecule has 0 fully saturated rings. The summed E-state index contributed by atoms with van der Waals surface area (Å²) in [7, 11) is 1.19. The number of nitriles is 1. The summed E-state index contributed by atoms with van der Waals surface area (Å²) in [6.45, 7) is 0. The molecule has 26 heavy (non-hydrogen) atoms. The molecule has 0 atom stereocenters. The summed E-state index contributed by atoms with van der Waals surface area (Å²) in [4.78, 5) is 22.3. The Morgan fingerprint density at radius 3 is 2.54 bits per heavy atom. The van der Waals surface area contributed by atoms with E-state index in [1.165, 1.54) is 13.2 Å². The summed E-state index contributed by atoms with van der Waals surface area (Å²) in [6.07, 6.45) is 1.13. The zero-order chi connectivity index (χ0) is 19.3. The Kier molecular flexibility index (Phi) is 5.78. The molecule has 1 amide bonds. The first-order chi connectivity index (χ1) is 12.3. The molecule has 2 rings (SSSR count). The van der Waals surface area contributed by atoms with Crippen molar-refractivity contribution in [3.63, 3.8) is 0 Å². The van der Waals surface area contributed by atoms with Crippen molar-refractivity contribution < 1.29 is 19.6 Å². The molecule has 0 aliphatic carbocycles. The van der Waals surface area contributed by atoms with E-state index in [-0.39, 0.29) is 16.9 Å². The first-order valence-electron chi connectivity index (χ1n) is 7.08. The number of hydrogen-bond donors (Lipinski definition) is 1. The predicted octanol–water partition coefficient (Wildman–Crippen LogP) is 2.88. The van der Waals surface area contributed by atoms with Crippen LogP contribution in [-0.4, -0.2) is 17.9 Å². The molecule has 0 heterocycles. The van der Waals surface area contributed by atoms with Crippen molar-refractivity contribution >= 4 is 35.0 Å². The molecule has 1 N–H and O–H groups in total. The van der Waals surface area contributed by atoms with Crippen LogP contribution >= 0.6 is 11.6 Å². The van der Waals surface area contributed by atoms with Gasteiger partial charge in [-0.25, -0.2) is 0 Å². The molecule has 9 heteroatoms. The fraction of sp³-hybridized carbons (Fsp3) is 0.0588. The Bertz CT molecular complexity index is 933. The van der Waals surface area contributed by atoms with Crippen LogP contribution in [0.4, 0.5) is 11.4 Å². The molecule has 0 unspecified atom stereocenters. The van der Waals surface area contributed by atoms with Crippen LogP contribution in [0.1, 0.15) is 5.56 Å². The number of hydrogen-bond acceptors (Lipinski definition) is 6. The van der Waals surface area contributed by atoms with Gasteiger partial charge < -0.3 is 15.2 Å². The number of nitrogens with zero attached hydrogens (tertiary/aromatic N) is 2. The van der Waals surface area contributed by atoms with Gasteiger partial charge in [-0.2, -0.15) is 5.26 Å². The molecule has 132 valence electrons. The van der Waals surface area contributed by atoms with Crippen LogP contribution in [0.25, 0.3) is 6.08 Å². The summed E-state index contributed by atoms with van der Waals surface area (Å²) >= 11 is 5.76. The molecular formula is C17H11ClN3O5-. The topological polar surface area (TPSA) is 128 Å². The lowest BCUT2D eigenvalue weighted by molar-refractivity contribution is -0.398. The van der Waals surface area contributed by atoms with Crippen molar-refractivity contribution in [2.24, 2.45) is 0 Å². The number of anilines is 1. The Labute approximate surface area is 153 Å². The number of carbonyl (C=O) groups excluding carboxylic acids is 1. The first-order valence-corrected chi connectivity index (χ1v) is 7.45. The largest absolute Gasteiger partial charge is 0.865 e. The maximum Gasteiger partial charge on any atom is 0.266 e. The van der Waals surface area contributed by atoms with Gasteiger partial charge in [-0.05, 0) is 42.0 Å². The van der Waals surface area contributed by atoms with Crippen molar-refractivity contribution in [1.29, 1.82) is 5.26 Å². The van der Waals surface area contributed by atoms with Crippen LogP contribution in [0.5, 0.6) is 11.5 Å². The van der Waals surface area contributed by atoms with E-state index in [0.29, 0.717) is 10.7 Å². The number of methoxy groups -OCH3 is 1. The number of rotatable bonds is 5. The maximum atomic E-state index is 12.2. The van der Waals surface area contributed by atoms with Gasteiger partial charge >= 0.3 is 0 Å². The minimum absolute atomic E-state index is 0.107. The van der Waals surface area contributed by atoms with Crippen LogP contribution in [0.15, 0.2) is 42.0 Å². The third-order valence-electron chi connectivity index (χ3n) is 3.25. The highest BCUT2D eigenvalue weighted by molar-refractivity contribution is 6.30. The SMILES string of the molecule is COc1cc(/C=C(/C#N)C(=O)Nc2ccc(Cl)cc2)cc([N+](=O)[O-])c1[O-]. The summed E-state index contributed by atoms with van der Waals surface area (Å²) in [5.74, 6) is -1.87. The van der Waals surface area contributed by atoms with E-state index in [4.69, 9.17) is 16.3 Å². The number of nitro benzene ring substituents is 1. The monoisotopic (exact) mass is 372 g/mol. The molecule has 0 bridgehead atoms. The molecule has 0 radical (unpaired) electrons. The molecule has 0 saturated heterocycles. The smallest absolute Gasteiger partial charge is 0.266 e. The number of carbonyl (C=O) groups is 1. The van der Waals surface area contributed by atoms with Gasteiger partial charge in [0.25, 0.3) is 11.6 Å². The fourth-order valence-electron chi connectivity index (χ4n) is 2.03. The zero-order valence-electron chi connectivity index (χ0n) is 13.4. The zero-order valence-corrected chi connectivity index (χ0v) is 14.1. The summed E-state index contributed by atoms with van der Waals surface area (Å²) in [6, 6.07) is 10.1. The van der Waals surface area contributed by atoms with Crippen molar-refractivity contribution in [3.05, 3.63) is 62.7 Å². The van der Waals surface area contributed by atoms with Crippen LogP contribution < -0.4 is 15.2 Å². The third kappa shape index (κ3) is 4.28. The highest BCUT2D eigenvalue weighted by atomic mass is 35.5. The van der Waals surface area contributed by atoms with Crippen molar-refractivity contribution in [3.8, 4) is 17.6 Å². The lowest BCUT2D eigenvalue weighted by Gasteiger charge is -2.13. The molecule has 0 aliphatic rings. The second-order valence-corrected chi connectivity index (χ2v) is 5.40. The molecule has 0 aromatic heterocycles. The van der Waals surface area contributed by atoms with Gasteiger partial charge in [0.15, 0.2) is 0 Å². The minimum Gasteiger partial charge on any atom is -0.865 e. The van der Waals surface area contributed by atoms with Crippen molar-refractivity contribution in [1.82, 2.24) is 0 Å². The highest BCUT2D eigenvalue weighted by Crippen LogP contribution is 2.35. The number of amides is 1. The van der Waals surface area contributed by atoms with Gasteiger partial charge in [0, 0.05) is 22.5 Å². The fourth-order valence-corrected chi connectivity index (χ4v) is 2.15. The van der Waals surface area contributed by atoms with E-state index >= 15 is 0 Å². The number of nitrogens with one attached hydrogen (secondary N) is 1. The molecule has 2 aromatic carbocycles. The van der Waals surface area contributed by atoms with E-state index < -0.39 is 22.3 Å². The normalized spacial score (nSPS) is 10.7. The standard InChI is InChI=1S/C17H12ClN3O5/c1-26-15-8-10(7-14(16(15)22)21(24)25)6-11(9-19)17(23)20-13-4-2-12(18)3-5-13/h2-8,22H,1H3,(H,20,23)/p-1/b11-6-. The van der Waals surface area contributed by atoms with Crippen LogP contribution in [0.3, 0.4) is 0 Å². The Hall–Kier alpha value is -3.57. The summed E-state index contributed by atoms with van der Waals surface area (Å²) in [5, 5.41) is 35.0. The average Bonchev–Trinajstić information content (AvgIpc) is 2.62. The highest BCUT2D eigenvalue weighted by Gasteiger charge is 2.15. The van der Waals surface area contributed by atoms with Gasteiger partial charge in [-0.15, -0.1) is 0 Å². The number of nitro groups is 1. The second kappa shape index (κ2) is 8.00. The number of benzene rings is 2. The molecule has 2 aromatic rings. The van der Waals surface area contributed by atoms with Gasteiger partial charge in [-0.1, -0.05) is 11.6 Å². The third-order valence-corrected chi connectivity index (χ3v) is 3.50. The Morgan fingerprint density at radius 1 is 1.35 bits per heavy atom. The van der Waals surface area contributed by atoms with Gasteiger partial charge in [-0.3, -0.25) is 14.9 Å². The Morgan fingerprint density at radius 2 is 2.00 bits per heavy atom. The Balaban J connectivity index is 2.37. The molecular weight excluding hydrogens is 362 g/mol. The van der Waals surface area contributed by atoms with Crippen LogP contribution in [0, 0.1) is 21.4 Å². The van der Waals surface area contributed by atoms with Crippen LogP contribution in [0.2, 0.25) is 5.02 Å². The molecule has 8 nitrogen and oxygen atoms in total. The first kappa shape index (κ1) is 18.8. The molecule has 0 saturated carbocycles. The lowest BCUT2D eigenvalue weighted by atomic mass is 10.1. The minimum atomic E-state index is -0.890. The van der Waals surface area contributed by atoms with E-state index in [9.17, 15) is 25.3 Å². The van der Waals surface area contributed by atoms with Crippen molar-refractivity contribution in [2.45, 2.75) is 0 Å². The average molecular weight is 373 g/mol. The lowest BCUT2D eigenvalue weighted by Crippen LogP contribution is -2.13.